The topological polar surface area (TPSA) is 39.3 Å². The number of fused-ring (bicyclic) bond motifs is 2. The molecule has 3 atom stereocenters. The van der Waals surface area contributed by atoms with Gasteiger partial charge in [-0.15, -0.1) is 11.3 Å². The van der Waals surface area contributed by atoms with Crippen molar-refractivity contribution in [3.8, 4) is 0 Å². The van der Waals surface area contributed by atoms with E-state index in [2.05, 4.69) is 64.2 Å². The second-order valence-electron chi connectivity index (χ2n) is 9.35. The fourth-order valence-electron chi connectivity index (χ4n) is 5.41. The van der Waals surface area contributed by atoms with Gasteiger partial charge in [-0.1, -0.05) is 45.0 Å². The van der Waals surface area contributed by atoms with Crippen molar-refractivity contribution < 1.29 is 0 Å². The maximum Gasteiger partial charge on any atom is 0.0736 e. The maximum absolute atomic E-state index is 3.84. The van der Waals surface area contributed by atoms with Crippen molar-refractivity contribution in [2.24, 2.45) is 11.8 Å². The fraction of sp³-hybridized carbons (Fsp3) is 0.571. The molecule has 2 saturated heterocycles. The Morgan fingerprint density at radius 1 is 1.12 bits per heavy atom. The Labute approximate surface area is 204 Å². The number of nitrogens with zero attached hydrogens (tertiary/aromatic N) is 1. The Kier molecular flexibility index (Phi) is 8.50. The van der Waals surface area contributed by atoms with Crippen LogP contribution >= 0.6 is 11.3 Å². The average Bonchev–Trinajstić information content (AvgIpc) is 3.49. The van der Waals surface area contributed by atoms with Gasteiger partial charge in [-0.2, -0.15) is 0 Å². The van der Waals surface area contributed by atoms with Gasteiger partial charge in [-0.3, -0.25) is 0 Å². The summed E-state index contributed by atoms with van der Waals surface area (Å²) in [6.45, 7) is 12.1. The maximum atomic E-state index is 3.84. The Bertz CT molecular complexity index is 902. The first-order valence-electron chi connectivity index (χ1n) is 13.1. The molecule has 2 aromatic rings. The molecule has 1 aromatic heterocycles. The minimum absolute atomic E-state index is 0.244. The molecular weight excluding hydrogens is 424 g/mol. The number of likely N-dealkylation sites (tertiary alicyclic amines) is 1. The molecule has 5 heteroatoms. The lowest BCUT2D eigenvalue weighted by molar-refractivity contribution is 0.318. The van der Waals surface area contributed by atoms with E-state index in [-0.39, 0.29) is 6.04 Å². The van der Waals surface area contributed by atoms with Crippen LogP contribution < -0.4 is 16.0 Å². The molecule has 0 amide bonds. The summed E-state index contributed by atoms with van der Waals surface area (Å²) in [5.41, 5.74) is 5.59. The normalized spacial score (nSPS) is 23.7. The van der Waals surface area contributed by atoms with Gasteiger partial charge in [0.15, 0.2) is 0 Å². The third kappa shape index (κ3) is 5.47. The van der Waals surface area contributed by atoms with E-state index < -0.39 is 0 Å². The van der Waals surface area contributed by atoms with Crippen LogP contribution in [0.4, 0.5) is 5.69 Å². The number of rotatable bonds is 7. The molecule has 5 rings (SSSR count). The van der Waals surface area contributed by atoms with Gasteiger partial charge >= 0.3 is 0 Å². The zero-order chi connectivity index (χ0) is 23.2. The van der Waals surface area contributed by atoms with Gasteiger partial charge in [0.1, 0.15) is 0 Å². The summed E-state index contributed by atoms with van der Waals surface area (Å²) in [5.74, 6) is 1.65. The third-order valence-corrected chi connectivity index (χ3v) is 8.55. The Hall–Kier alpha value is -1.82. The van der Waals surface area contributed by atoms with Gasteiger partial charge in [0.05, 0.1) is 22.3 Å². The van der Waals surface area contributed by atoms with Crippen molar-refractivity contribution in [1.29, 1.82) is 0 Å². The van der Waals surface area contributed by atoms with Crippen molar-refractivity contribution in [2.45, 2.75) is 52.5 Å². The largest absolute Gasteiger partial charge is 0.373 e. The van der Waals surface area contributed by atoms with E-state index in [0.717, 1.165) is 31.2 Å². The van der Waals surface area contributed by atoms with Crippen LogP contribution in [0.3, 0.4) is 0 Å². The van der Waals surface area contributed by atoms with Crippen LogP contribution in [-0.4, -0.2) is 44.7 Å². The molecule has 33 heavy (non-hydrogen) atoms. The van der Waals surface area contributed by atoms with Crippen LogP contribution in [0.15, 0.2) is 36.4 Å². The number of anilines is 1. The second-order valence-corrected chi connectivity index (χ2v) is 10.5. The van der Waals surface area contributed by atoms with Gasteiger partial charge in [-0.25, -0.2) is 0 Å². The third-order valence-electron chi connectivity index (χ3n) is 7.25. The predicted molar refractivity (Wildman–Crippen MR) is 144 cm³/mol. The highest BCUT2D eigenvalue weighted by molar-refractivity contribution is 7.13. The summed E-state index contributed by atoms with van der Waals surface area (Å²) in [7, 11) is 2.02. The fourth-order valence-corrected chi connectivity index (χ4v) is 6.53. The van der Waals surface area contributed by atoms with Crippen LogP contribution in [0.25, 0.3) is 5.70 Å². The van der Waals surface area contributed by atoms with Gasteiger partial charge in [0.2, 0.25) is 0 Å². The number of hydrogen-bond acceptors (Lipinski definition) is 5. The Morgan fingerprint density at radius 2 is 1.91 bits per heavy atom. The summed E-state index contributed by atoms with van der Waals surface area (Å²) in [4.78, 5) is 5.61. The molecule has 3 aliphatic rings. The lowest BCUT2D eigenvalue weighted by atomic mass is 9.90. The molecule has 0 radical (unpaired) electrons. The molecule has 2 fully saturated rings. The summed E-state index contributed by atoms with van der Waals surface area (Å²) >= 11 is 1.98. The molecule has 0 bridgehead atoms. The summed E-state index contributed by atoms with van der Waals surface area (Å²) in [6.07, 6.45) is 7.25. The quantitative estimate of drug-likeness (QED) is 0.469. The molecule has 3 N–H and O–H groups in total. The van der Waals surface area contributed by atoms with E-state index in [9.17, 15) is 0 Å². The van der Waals surface area contributed by atoms with Gasteiger partial charge < -0.3 is 20.9 Å². The number of benzene rings is 1. The average molecular weight is 467 g/mol. The van der Waals surface area contributed by atoms with Gasteiger partial charge in [0.25, 0.3) is 0 Å². The summed E-state index contributed by atoms with van der Waals surface area (Å²) in [5, 5.41) is 10.7. The van der Waals surface area contributed by atoms with Crippen LogP contribution in [0.5, 0.6) is 0 Å². The zero-order valence-electron chi connectivity index (χ0n) is 20.9. The number of piperidine rings is 1. The second kappa shape index (κ2) is 11.5. The number of nitrogens with one attached hydrogen (secondary N) is 3. The first kappa shape index (κ1) is 24.3. The highest BCUT2D eigenvalue weighted by atomic mass is 32.1. The standard InChI is InChI=1S/C26H36N4S.C2H6/c1-3-22-13-24-26(31-22)25(30-16-20-10-12-28-15-21(20)17-30)14-23(29-24)19-8-6-18(7-9-19)5-4-11-27-2;1-2/h6-9,13-14,20-21,23,27-29H,3-5,10-12,15-17H2,1-2H3;1-2H3. The molecule has 0 aliphatic carbocycles. The predicted octanol–water partition coefficient (Wildman–Crippen LogP) is 5.54. The monoisotopic (exact) mass is 466 g/mol. The molecule has 180 valence electrons. The molecule has 3 unspecified atom stereocenters. The van der Waals surface area contributed by atoms with E-state index in [1.807, 2.05) is 32.2 Å². The van der Waals surface area contributed by atoms with E-state index >= 15 is 0 Å². The van der Waals surface area contributed by atoms with Gasteiger partial charge in [-0.05, 0) is 87.5 Å². The van der Waals surface area contributed by atoms with Crippen molar-refractivity contribution in [3.63, 3.8) is 0 Å². The van der Waals surface area contributed by atoms with Crippen LogP contribution in [0, 0.1) is 11.8 Å². The van der Waals surface area contributed by atoms with Crippen LogP contribution in [-0.2, 0) is 12.8 Å². The highest BCUT2D eigenvalue weighted by Gasteiger charge is 2.37. The molecule has 4 heterocycles. The summed E-state index contributed by atoms with van der Waals surface area (Å²) < 4.78 is 0. The van der Waals surface area contributed by atoms with Crippen molar-refractivity contribution in [3.05, 3.63) is 57.3 Å². The van der Waals surface area contributed by atoms with E-state index in [1.165, 1.54) is 71.3 Å². The highest BCUT2D eigenvalue weighted by Crippen LogP contribution is 2.44. The molecular formula is C28H42N4S. The molecule has 1 aromatic carbocycles. The molecule has 3 aliphatic heterocycles. The first-order valence-corrected chi connectivity index (χ1v) is 13.9. The van der Waals surface area contributed by atoms with E-state index in [1.54, 1.807) is 0 Å². The van der Waals surface area contributed by atoms with Crippen LogP contribution in [0.1, 0.15) is 60.5 Å². The van der Waals surface area contributed by atoms with E-state index in [4.69, 9.17) is 0 Å². The minimum Gasteiger partial charge on any atom is -0.373 e. The molecule has 0 spiro atoms. The van der Waals surface area contributed by atoms with E-state index in [0.29, 0.717) is 0 Å². The van der Waals surface area contributed by atoms with Crippen molar-refractivity contribution in [1.82, 2.24) is 15.5 Å². The lowest BCUT2D eigenvalue weighted by Crippen LogP contribution is -2.35. The smallest absolute Gasteiger partial charge is 0.0736 e. The lowest BCUT2D eigenvalue weighted by Gasteiger charge is -2.30. The first-order chi connectivity index (χ1) is 16.2. The minimum atomic E-state index is 0.244. The van der Waals surface area contributed by atoms with Gasteiger partial charge in [0, 0.05) is 18.0 Å². The molecule has 0 saturated carbocycles. The number of aryl methyl sites for hydroxylation is 2. The van der Waals surface area contributed by atoms with Crippen molar-refractivity contribution >= 4 is 22.7 Å². The Morgan fingerprint density at radius 3 is 2.64 bits per heavy atom. The number of thiophene rings is 1. The Balaban J connectivity index is 0.00000126. The summed E-state index contributed by atoms with van der Waals surface area (Å²) in [6, 6.07) is 11.9. The van der Waals surface area contributed by atoms with Crippen molar-refractivity contribution in [2.75, 3.05) is 45.1 Å². The number of hydrogen-bond donors (Lipinski definition) is 3. The van der Waals surface area contributed by atoms with Crippen LogP contribution in [0.2, 0.25) is 0 Å². The molecule has 4 nitrogen and oxygen atoms in total. The zero-order valence-corrected chi connectivity index (χ0v) is 21.7. The SMILES string of the molecule is CC.CCc1cc2c(s1)C(N1CC3CCNCC3C1)=CC(c1ccc(CCCNC)cc1)N2.